The van der Waals surface area contributed by atoms with Crippen LogP contribution in [0.1, 0.15) is 30.9 Å². The minimum absolute atomic E-state index is 0.0788. The molecule has 0 aromatic heterocycles. The predicted octanol–water partition coefficient (Wildman–Crippen LogP) is 2.96. The lowest BCUT2D eigenvalue weighted by Crippen LogP contribution is -2.34. The van der Waals surface area contributed by atoms with Crippen molar-refractivity contribution in [1.29, 1.82) is 0 Å². The lowest BCUT2D eigenvalue weighted by Gasteiger charge is -2.18. The van der Waals surface area contributed by atoms with E-state index >= 15 is 0 Å². The highest BCUT2D eigenvalue weighted by Gasteiger charge is 2.24. The fraction of sp³-hybridized carbons (Fsp3) is 0.381. The maximum absolute atomic E-state index is 13.1. The Kier molecular flexibility index (Phi) is 7.31. The standard InChI is InChI=1S/C21H25FN4O4/c1-25(21(27)14-30-19-6-2-5-18(13-19)26(28)29)11-3-4-17-12-20(24-23-17)15-7-9-16(22)10-8-15/h2,5-10,13,17,20,23-24H,3-4,11-12,14H2,1H3. The predicted molar refractivity (Wildman–Crippen MR) is 109 cm³/mol. The van der Waals surface area contributed by atoms with Crippen LogP contribution in [0.15, 0.2) is 48.5 Å². The molecule has 0 spiro atoms. The first kappa shape index (κ1) is 21.7. The zero-order chi connectivity index (χ0) is 21.5. The number of likely N-dealkylation sites (N-methyl/N-ethyl adjacent to an activating group) is 1. The van der Waals surface area contributed by atoms with Crippen molar-refractivity contribution in [2.45, 2.75) is 31.3 Å². The summed E-state index contributed by atoms with van der Waals surface area (Å²) in [6, 6.07) is 12.6. The number of halogens is 1. The Labute approximate surface area is 174 Å². The minimum atomic E-state index is -0.507. The van der Waals surface area contributed by atoms with Crippen LogP contribution < -0.4 is 15.6 Å². The highest BCUT2D eigenvalue weighted by molar-refractivity contribution is 5.77. The Morgan fingerprint density at radius 1 is 1.27 bits per heavy atom. The summed E-state index contributed by atoms with van der Waals surface area (Å²) in [6.07, 6.45) is 2.59. The van der Waals surface area contributed by atoms with Crippen LogP contribution >= 0.6 is 0 Å². The molecule has 1 amide bonds. The molecule has 9 heteroatoms. The number of carbonyl (C=O) groups is 1. The molecule has 2 aromatic rings. The van der Waals surface area contributed by atoms with E-state index in [1.54, 1.807) is 30.1 Å². The molecule has 1 heterocycles. The topological polar surface area (TPSA) is 96.7 Å². The van der Waals surface area contributed by atoms with Gasteiger partial charge in [0.2, 0.25) is 0 Å². The summed E-state index contributed by atoms with van der Waals surface area (Å²) in [7, 11) is 1.71. The van der Waals surface area contributed by atoms with Crippen LogP contribution in [-0.4, -0.2) is 42.0 Å². The van der Waals surface area contributed by atoms with E-state index in [1.165, 1.54) is 30.3 Å². The van der Waals surface area contributed by atoms with Gasteiger partial charge in [-0.05, 0) is 43.0 Å². The van der Waals surface area contributed by atoms with Gasteiger partial charge in [-0.25, -0.2) is 4.39 Å². The number of nitrogens with zero attached hydrogens (tertiary/aromatic N) is 2. The van der Waals surface area contributed by atoms with Crippen molar-refractivity contribution in [1.82, 2.24) is 15.8 Å². The lowest BCUT2D eigenvalue weighted by atomic mass is 9.99. The van der Waals surface area contributed by atoms with Crippen LogP contribution in [0.2, 0.25) is 0 Å². The van der Waals surface area contributed by atoms with Gasteiger partial charge in [-0.2, -0.15) is 0 Å². The van der Waals surface area contributed by atoms with Crippen LogP contribution in [0.25, 0.3) is 0 Å². The number of ether oxygens (including phenoxy) is 1. The number of non-ortho nitro benzene ring substituents is 1. The van der Waals surface area contributed by atoms with Gasteiger partial charge in [-0.3, -0.25) is 25.8 Å². The van der Waals surface area contributed by atoms with Gasteiger partial charge < -0.3 is 9.64 Å². The number of benzene rings is 2. The molecule has 30 heavy (non-hydrogen) atoms. The normalized spacial score (nSPS) is 18.2. The molecule has 2 unspecified atom stereocenters. The number of hydrazine groups is 1. The molecule has 3 rings (SSSR count). The fourth-order valence-corrected chi connectivity index (χ4v) is 3.37. The van der Waals surface area contributed by atoms with E-state index in [9.17, 15) is 19.3 Å². The van der Waals surface area contributed by atoms with Gasteiger partial charge in [-0.1, -0.05) is 18.2 Å². The number of rotatable bonds is 9. The van der Waals surface area contributed by atoms with Crippen molar-refractivity contribution in [3.8, 4) is 5.75 Å². The molecule has 0 saturated carbocycles. The van der Waals surface area contributed by atoms with Crippen LogP contribution in [0.3, 0.4) is 0 Å². The smallest absolute Gasteiger partial charge is 0.273 e. The third kappa shape index (κ3) is 5.98. The van der Waals surface area contributed by atoms with Crippen LogP contribution in [-0.2, 0) is 4.79 Å². The van der Waals surface area contributed by atoms with E-state index in [0.29, 0.717) is 12.3 Å². The summed E-state index contributed by atoms with van der Waals surface area (Å²) in [4.78, 5) is 24.1. The second kappa shape index (κ2) is 10.1. The van der Waals surface area contributed by atoms with Crippen LogP contribution in [0, 0.1) is 15.9 Å². The van der Waals surface area contributed by atoms with Gasteiger partial charge in [-0.15, -0.1) is 0 Å². The summed E-state index contributed by atoms with van der Waals surface area (Å²) < 4.78 is 18.4. The fourth-order valence-electron chi connectivity index (χ4n) is 3.37. The molecule has 2 atom stereocenters. The number of nitro benzene ring substituents is 1. The number of hydrogen-bond acceptors (Lipinski definition) is 6. The van der Waals surface area contributed by atoms with Crippen LogP contribution in [0.5, 0.6) is 5.75 Å². The maximum Gasteiger partial charge on any atom is 0.273 e. The molecule has 8 nitrogen and oxygen atoms in total. The molecular formula is C21H25FN4O4. The van der Waals surface area contributed by atoms with E-state index in [2.05, 4.69) is 10.9 Å². The van der Waals surface area contributed by atoms with Crippen molar-refractivity contribution in [3.63, 3.8) is 0 Å². The van der Waals surface area contributed by atoms with Gasteiger partial charge in [0.25, 0.3) is 11.6 Å². The second-order valence-corrected chi connectivity index (χ2v) is 7.33. The molecule has 1 saturated heterocycles. The van der Waals surface area contributed by atoms with Crippen molar-refractivity contribution in [3.05, 3.63) is 70.0 Å². The number of amides is 1. The molecule has 1 fully saturated rings. The highest BCUT2D eigenvalue weighted by atomic mass is 19.1. The first-order valence-electron chi connectivity index (χ1n) is 9.80. The van der Waals surface area contributed by atoms with Crippen LogP contribution in [0.4, 0.5) is 10.1 Å². The number of nitro groups is 1. The van der Waals surface area contributed by atoms with E-state index in [-0.39, 0.29) is 36.1 Å². The SMILES string of the molecule is CN(CCCC1CC(c2ccc(F)cc2)NN1)C(=O)COc1cccc([N+](=O)[O-])c1. The van der Waals surface area contributed by atoms with Crippen molar-refractivity contribution in [2.24, 2.45) is 0 Å². The molecule has 2 aromatic carbocycles. The van der Waals surface area contributed by atoms with Gasteiger partial charge >= 0.3 is 0 Å². The Balaban J connectivity index is 1.36. The van der Waals surface area contributed by atoms with Gasteiger partial charge in [0.05, 0.1) is 11.0 Å². The molecule has 0 radical (unpaired) electrons. The largest absolute Gasteiger partial charge is 0.484 e. The Morgan fingerprint density at radius 3 is 2.77 bits per heavy atom. The number of nitrogens with one attached hydrogen (secondary N) is 2. The molecule has 2 N–H and O–H groups in total. The van der Waals surface area contributed by atoms with E-state index in [4.69, 9.17) is 4.74 Å². The van der Waals surface area contributed by atoms with Gasteiger partial charge in [0.1, 0.15) is 11.6 Å². The molecule has 1 aliphatic rings. The second-order valence-electron chi connectivity index (χ2n) is 7.33. The van der Waals surface area contributed by atoms with E-state index in [0.717, 1.165) is 24.8 Å². The highest BCUT2D eigenvalue weighted by Crippen LogP contribution is 2.24. The Morgan fingerprint density at radius 2 is 2.03 bits per heavy atom. The van der Waals surface area contributed by atoms with Crippen molar-refractivity contribution < 1.29 is 18.8 Å². The minimum Gasteiger partial charge on any atom is -0.484 e. The van der Waals surface area contributed by atoms with E-state index < -0.39 is 4.92 Å². The maximum atomic E-state index is 13.1. The quantitative estimate of drug-likeness (QED) is 0.482. The first-order chi connectivity index (χ1) is 14.4. The Bertz CT molecular complexity index is 878. The zero-order valence-corrected chi connectivity index (χ0v) is 16.7. The summed E-state index contributed by atoms with van der Waals surface area (Å²) in [5.74, 6) is -0.148. The molecular weight excluding hydrogens is 391 g/mol. The zero-order valence-electron chi connectivity index (χ0n) is 16.7. The monoisotopic (exact) mass is 416 g/mol. The molecule has 0 aliphatic carbocycles. The summed E-state index contributed by atoms with van der Waals surface area (Å²) >= 11 is 0. The van der Waals surface area contributed by atoms with Gasteiger partial charge in [0.15, 0.2) is 6.61 Å². The number of hydrogen-bond donors (Lipinski definition) is 2. The van der Waals surface area contributed by atoms with Crippen molar-refractivity contribution >= 4 is 11.6 Å². The average molecular weight is 416 g/mol. The molecule has 0 bridgehead atoms. The summed E-state index contributed by atoms with van der Waals surface area (Å²) in [5.41, 5.74) is 7.45. The third-order valence-electron chi connectivity index (χ3n) is 5.12. The average Bonchev–Trinajstić information content (AvgIpc) is 3.21. The third-order valence-corrected chi connectivity index (χ3v) is 5.12. The summed E-state index contributed by atoms with van der Waals surface area (Å²) in [5, 5.41) is 10.8. The molecule has 160 valence electrons. The first-order valence-corrected chi connectivity index (χ1v) is 9.80. The molecule has 1 aliphatic heterocycles. The van der Waals surface area contributed by atoms with Gasteiger partial charge in [0, 0.05) is 31.7 Å². The Hall–Kier alpha value is -3.04. The number of carbonyl (C=O) groups excluding carboxylic acids is 1. The lowest BCUT2D eigenvalue weighted by molar-refractivity contribution is -0.384. The van der Waals surface area contributed by atoms with Crippen molar-refractivity contribution in [2.75, 3.05) is 20.2 Å². The summed E-state index contributed by atoms with van der Waals surface area (Å²) in [6.45, 7) is 0.407. The van der Waals surface area contributed by atoms with E-state index in [1.807, 2.05) is 0 Å².